The Morgan fingerprint density at radius 1 is 0.826 bits per heavy atom. The summed E-state index contributed by atoms with van der Waals surface area (Å²) in [5.74, 6) is -0.336. The molecule has 2 aromatic rings. The Morgan fingerprint density at radius 2 is 1.26 bits per heavy atom. The number of hydrogen-bond donors (Lipinski definition) is 2. The molecule has 0 radical (unpaired) electrons. The monoisotopic (exact) mass is 312 g/mol. The Hall–Kier alpha value is -2.82. The molecule has 0 unspecified atom stereocenters. The molecule has 0 saturated carbocycles. The van der Waals surface area contributed by atoms with E-state index >= 15 is 0 Å². The van der Waals surface area contributed by atoms with Gasteiger partial charge in [0.15, 0.2) is 0 Å². The van der Waals surface area contributed by atoms with Crippen molar-refractivity contribution in [1.82, 2.24) is 0 Å². The van der Waals surface area contributed by atoms with Gasteiger partial charge in [-0.2, -0.15) is 0 Å². The molecule has 5 heteroatoms. The van der Waals surface area contributed by atoms with Crippen molar-refractivity contribution in [3.8, 4) is 5.75 Å². The van der Waals surface area contributed by atoms with Gasteiger partial charge in [-0.25, -0.2) is 0 Å². The van der Waals surface area contributed by atoms with Crippen molar-refractivity contribution in [2.75, 3.05) is 17.7 Å². The first-order valence-corrected chi connectivity index (χ1v) is 7.36. The lowest BCUT2D eigenvalue weighted by molar-refractivity contribution is -0.132. The van der Waals surface area contributed by atoms with Crippen LogP contribution in [0.25, 0.3) is 0 Å². The standard InChI is InChI=1S/C18H20N2O3/c1-12(2)13-4-6-14(7-5-13)19-17(21)18(22)20-15-8-10-16(23-3)11-9-15/h4-12H,1-3H3,(H,19,21)(H,20,22). The normalized spacial score (nSPS) is 10.3. The third kappa shape index (κ3) is 4.57. The first kappa shape index (κ1) is 16.5. The van der Waals surface area contributed by atoms with Gasteiger partial charge in [0.25, 0.3) is 0 Å². The highest BCUT2D eigenvalue weighted by molar-refractivity contribution is 6.43. The summed E-state index contributed by atoms with van der Waals surface area (Å²) in [7, 11) is 1.56. The molecule has 2 amide bonds. The van der Waals surface area contributed by atoms with E-state index in [-0.39, 0.29) is 0 Å². The van der Waals surface area contributed by atoms with Gasteiger partial charge in [0.2, 0.25) is 0 Å². The molecule has 0 aliphatic carbocycles. The Morgan fingerprint density at radius 3 is 1.65 bits per heavy atom. The zero-order chi connectivity index (χ0) is 16.8. The van der Waals surface area contributed by atoms with E-state index in [1.807, 2.05) is 12.1 Å². The summed E-state index contributed by atoms with van der Waals surface area (Å²) in [6.45, 7) is 4.19. The molecular formula is C18H20N2O3. The third-order valence-electron chi connectivity index (χ3n) is 3.39. The van der Waals surface area contributed by atoms with Gasteiger partial charge in [-0.3, -0.25) is 9.59 Å². The van der Waals surface area contributed by atoms with Crippen LogP contribution in [0.5, 0.6) is 5.75 Å². The number of ether oxygens (including phenoxy) is 1. The number of methoxy groups -OCH3 is 1. The first-order valence-electron chi connectivity index (χ1n) is 7.36. The minimum atomic E-state index is -0.719. The van der Waals surface area contributed by atoms with Crippen LogP contribution in [0.2, 0.25) is 0 Å². The second-order valence-corrected chi connectivity index (χ2v) is 5.41. The summed E-state index contributed by atoms with van der Waals surface area (Å²) in [6, 6.07) is 14.2. The maximum Gasteiger partial charge on any atom is 0.314 e. The number of anilines is 2. The van der Waals surface area contributed by atoms with Crippen molar-refractivity contribution < 1.29 is 14.3 Å². The predicted octanol–water partition coefficient (Wildman–Crippen LogP) is 3.40. The van der Waals surface area contributed by atoms with Gasteiger partial charge in [-0.1, -0.05) is 26.0 Å². The Labute approximate surface area is 135 Å². The second kappa shape index (κ2) is 7.45. The van der Waals surface area contributed by atoms with Crippen LogP contribution < -0.4 is 15.4 Å². The number of amides is 2. The molecule has 0 spiro atoms. The van der Waals surface area contributed by atoms with Crippen LogP contribution in [-0.2, 0) is 9.59 Å². The van der Waals surface area contributed by atoms with Gasteiger partial charge in [0.05, 0.1) is 7.11 Å². The number of nitrogens with one attached hydrogen (secondary N) is 2. The molecule has 0 aliphatic heterocycles. The Balaban J connectivity index is 1.95. The van der Waals surface area contributed by atoms with Crippen molar-refractivity contribution >= 4 is 23.2 Å². The molecule has 0 atom stereocenters. The van der Waals surface area contributed by atoms with E-state index in [1.165, 1.54) is 5.56 Å². The molecule has 0 aliphatic rings. The smallest absolute Gasteiger partial charge is 0.314 e. The number of rotatable bonds is 4. The number of benzene rings is 2. The minimum Gasteiger partial charge on any atom is -0.497 e. The fraction of sp³-hybridized carbons (Fsp3) is 0.222. The minimum absolute atomic E-state index is 0.415. The van der Waals surface area contributed by atoms with Crippen LogP contribution in [0.1, 0.15) is 25.3 Å². The third-order valence-corrected chi connectivity index (χ3v) is 3.39. The second-order valence-electron chi connectivity index (χ2n) is 5.41. The van der Waals surface area contributed by atoms with E-state index < -0.39 is 11.8 Å². The fourth-order valence-corrected chi connectivity index (χ4v) is 2.00. The molecule has 0 heterocycles. The van der Waals surface area contributed by atoms with Crippen LogP contribution in [0.15, 0.2) is 48.5 Å². The SMILES string of the molecule is COc1ccc(NC(=O)C(=O)Nc2ccc(C(C)C)cc2)cc1. The fourth-order valence-electron chi connectivity index (χ4n) is 2.00. The van der Waals surface area contributed by atoms with E-state index in [0.29, 0.717) is 23.0 Å². The molecule has 120 valence electrons. The summed E-state index contributed by atoms with van der Waals surface area (Å²) in [5, 5.41) is 5.11. The Bertz CT molecular complexity index is 676. The number of carbonyl (C=O) groups is 2. The Kier molecular flexibility index (Phi) is 5.36. The summed E-state index contributed by atoms with van der Waals surface area (Å²) >= 11 is 0. The lowest BCUT2D eigenvalue weighted by Gasteiger charge is -2.09. The molecule has 2 N–H and O–H groups in total. The van der Waals surface area contributed by atoms with E-state index in [9.17, 15) is 9.59 Å². The maximum absolute atomic E-state index is 11.9. The summed E-state index contributed by atoms with van der Waals surface area (Å²) < 4.78 is 5.03. The van der Waals surface area contributed by atoms with Gasteiger partial charge in [-0.05, 0) is 47.9 Å². The van der Waals surface area contributed by atoms with E-state index in [2.05, 4.69) is 24.5 Å². The van der Waals surface area contributed by atoms with E-state index in [1.54, 1.807) is 43.5 Å². The zero-order valence-electron chi connectivity index (χ0n) is 13.4. The zero-order valence-corrected chi connectivity index (χ0v) is 13.4. The average molecular weight is 312 g/mol. The highest BCUT2D eigenvalue weighted by Gasteiger charge is 2.14. The van der Waals surface area contributed by atoms with Crippen LogP contribution >= 0.6 is 0 Å². The average Bonchev–Trinajstić information content (AvgIpc) is 2.56. The van der Waals surface area contributed by atoms with Crippen molar-refractivity contribution in [3.63, 3.8) is 0 Å². The predicted molar refractivity (Wildman–Crippen MR) is 90.8 cm³/mol. The van der Waals surface area contributed by atoms with Gasteiger partial charge < -0.3 is 15.4 Å². The number of hydrogen-bond acceptors (Lipinski definition) is 3. The highest BCUT2D eigenvalue weighted by Crippen LogP contribution is 2.17. The highest BCUT2D eigenvalue weighted by atomic mass is 16.5. The quantitative estimate of drug-likeness (QED) is 0.850. The summed E-state index contributed by atoms with van der Waals surface area (Å²) in [4.78, 5) is 23.8. The van der Waals surface area contributed by atoms with Gasteiger partial charge in [0, 0.05) is 11.4 Å². The lowest BCUT2D eigenvalue weighted by Crippen LogP contribution is -2.29. The molecule has 0 saturated heterocycles. The topological polar surface area (TPSA) is 67.4 Å². The summed E-state index contributed by atoms with van der Waals surface area (Å²) in [5.41, 5.74) is 2.29. The maximum atomic E-state index is 11.9. The van der Waals surface area contributed by atoms with Crippen molar-refractivity contribution in [1.29, 1.82) is 0 Å². The van der Waals surface area contributed by atoms with Crippen LogP contribution in [0, 0.1) is 0 Å². The summed E-state index contributed by atoms with van der Waals surface area (Å²) in [6.07, 6.45) is 0. The van der Waals surface area contributed by atoms with Gasteiger partial charge in [-0.15, -0.1) is 0 Å². The van der Waals surface area contributed by atoms with E-state index in [0.717, 1.165) is 0 Å². The van der Waals surface area contributed by atoms with Crippen LogP contribution in [0.3, 0.4) is 0 Å². The van der Waals surface area contributed by atoms with Gasteiger partial charge >= 0.3 is 11.8 Å². The van der Waals surface area contributed by atoms with Crippen molar-refractivity contribution in [2.24, 2.45) is 0 Å². The molecule has 2 aromatic carbocycles. The largest absolute Gasteiger partial charge is 0.497 e. The van der Waals surface area contributed by atoms with Crippen LogP contribution in [0.4, 0.5) is 11.4 Å². The van der Waals surface area contributed by atoms with Gasteiger partial charge in [0.1, 0.15) is 5.75 Å². The van der Waals surface area contributed by atoms with E-state index in [4.69, 9.17) is 4.74 Å². The molecule has 5 nitrogen and oxygen atoms in total. The van der Waals surface area contributed by atoms with Crippen molar-refractivity contribution in [2.45, 2.75) is 19.8 Å². The van der Waals surface area contributed by atoms with Crippen LogP contribution in [-0.4, -0.2) is 18.9 Å². The first-order chi connectivity index (χ1) is 11.0. The lowest BCUT2D eigenvalue weighted by atomic mass is 10.0. The molecule has 23 heavy (non-hydrogen) atoms. The molecule has 0 bridgehead atoms. The number of carbonyl (C=O) groups excluding carboxylic acids is 2. The molecular weight excluding hydrogens is 292 g/mol. The molecule has 0 aromatic heterocycles. The van der Waals surface area contributed by atoms with Crippen molar-refractivity contribution in [3.05, 3.63) is 54.1 Å². The molecule has 2 rings (SSSR count). The molecule has 0 fully saturated rings.